The van der Waals surface area contributed by atoms with E-state index in [1.54, 1.807) is 30.3 Å². The quantitative estimate of drug-likeness (QED) is 0.755. The summed E-state index contributed by atoms with van der Waals surface area (Å²) in [4.78, 5) is 20.2. The van der Waals surface area contributed by atoms with Gasteiger partial charge in [0.2, 0.25) is 0 Å². The van der Waals surface area contributed by atoms with E-state index in [1.807, 2.05) is 18.2 Å². The number of hydrogen-bond donors (Lipinski definition) is 2. The van der Waals surface area contributed by atoms with Crippen LogP contribution < -0.4 is 10.6 Å². The van der Waals surface area contributed by atoms with Crippen LogP contribution in [0.5, 0.6) is 0 Å². The predicted octanol–water partition coefficient (Wildman–Crippen LogP) is 3.48. The molecule has 0 unspecified atom stereocenters. The molecule has 3 aromatic rings. The molecule has 120 valence electrons. The lowest BCUT2D eigenvalue weighted by Gasteiger charge is -2.08. The Morgan fingerprint density at radius 3 is 2.54 bits per heavy atom. The molecule has 0 aliphatic carbocycles. The number of benzene rings is 2. The lowest BCUT2D eigenvalue weighted by Crippen LogP contribution is -2.14. The fraction of sp³-hybridized carbons (Fsp3) is 0.0556. The molecule has 0 radical (unpaired) electrons. The number of nitrogens with one attached hydrogen (secondary N) is 2. The predicted molar refractivity (Wildman–Crippen MR) is 90.2 cm³/mol. The van der Waals surface area contributed by atoms with Crippen molar-refractivity contribution in [2.24, 2.45) is 0 Å². The molecular weight excluding hydrogens is 307 g/mol. The van der Waals surface area contributed by atoms with Gasteiger partial charge in [-0.05, 0) is 18.2 Å². The van der Waals surface area contributed by atoms with Crippen molar-refractivity contribution < 1.29 is 9.18 Å². The van der Waals surface area contributed by atoms with Gasteiger partial charge >= 0.3 is 0 Å². The maximum absolute atomic E-state index is 13.6. The third-order valence-electron chi connectivity index (χ3n) is 3.35. The van der Waals surface area contributed by atoms with Crippen LogP contribution in [0.15, 0.2) is 67.0 Å². The molecule has 1 amide bonds. The Balaban J connectivity index is 1.68. The molecule has 0 spiro atoms. The first-order chi connectivity index (χ1) is 11.7. The molecule has 0 aliphatic rings. The summed E-state index contributed by atoms with van der Waals surface area (Å²) in [6.45, 7) is 0.267. The topological polar surface area (TPSA) is 66.9 Å². The monoisotopic (exact) mass is 322 g/mol. The van der Waals surface area contributed by atoms with Gasteiger partial charge in [-0.25, -0.2) is 14.4 Å². The summed E-state index contributed by atoms with van der Waals surface area (Å²) in [5.74, 6) is -0.176. The van der Waals surface area contributed by atoms with Crippen molar-refractivity contribution in [3.8, 4) is 0 Å². The third-order valence-corrected chi connectivity index (χ3v) is 3.35. The number of aromatic nitrogens is 2. The Kier molecular flexibility index (Phi) is 4.76. The minimum atomic E-state index is -0.336. The van der Waals surface area contributed by atoms with Crippen LogP contribution in [0.2, 0.25) is 0 Å². The molecule has 0 fully saturated rings. The Hall–Kier alpha value is -3.28. The second-order valence-corrected chi connectivity index (χ2v) is 5.05. The van der Waals surface area contributed by atoms with Crippen molar-refractivity contribution in [2.75, 3.05) is 10.6 Å². The first kappa shape index (κ1) is 15.6. The van der Waals surface area contributed by atoms with Gasteiger partial charge in [0.1, 0.15) is 23.7 Å². The number of carbonyl (C=O) groups is 1. The Bertz CT molecular complexity index is 839. The SMILES string of the molecule is O=C(Nc1ccccc1)c1cc(NCc2ccccc2F)ncn1. The molecule has 3 rings (SSSR count). The maximum Gasteiger partial charge on any atom is 0.274 e. The molecule has 0 bridgehead atoms. The second-order valence-electron chi connectivity index (χ2n) is 5.05. The molecule has 2 N–H and O–H groups in total. The molecular formula is C18H15FN4O. The van der Waals surface area contributed by atoms with E-state index in [1.165, 1.54) is 18.5 Å². The molecule has 1 aromatic heterocycles. The summed E-state index contributed by atoms with van der Waals surface area (Å²) < 4.78 is 13.6. The lowest BCUT2D eigenvalue weighted by atomic mass is 10.2. The summed E-state index contributed by atoms with van der Waals surface area (Å²) in [6, 6.07) is 17.1. The van der Waals surface area contributed by atoms with E-state index in [-0.39, 0.29) is 24.0 Å². The number of rotatable bonds is 5. The van der Waals surface area contributed by atoms with Gasteiger partial charge in [-0.2, -0.15) is 0 Å². The fourth-order valence-corrected chi connectivity index (χ4v) is 2.12. The molecule has 6 heteroatoms. The normalized spacial score (nSPS) is 10.2. The molecule has 1 heterocycles. The Morgan fingerprint density at radius 2 is 1.75 bits per heavy atom. The zero-order chi connectivity index (χ0) is 16.8. The third kappa shape index (κ3) is 3.92. The Morgan fingerprint density at radius 1 is 1.00 bits per heavy atom. The van der Waals surface area contributed by atoms with Gasteiger partial charge in [0, 0.05) is 23.9 Å². The van der Waals surface area contributed by atoms with Gasteiger partial charge in [-0.15, -0.1) is 0 Å². The highest BCUT2D eigenvalue weighted by molar-refractivity contribution is 6.03. The second kappa shape index (κ2) is 7.32. The van der Waals surface area contributed by atoms with Crippen molar-refractivity contribution in [3.63, 3.8) is 0 Å². The number of halogens is 1. The van der Waals surface area contributed by atoms with Crippen LogP contribution in [0.4, 0.5) is 15.9 Å². The smallest absolute Gasteiger partial charge is 0.274 e. The first-order valence-corrected chi connectivity index (χ1v) is 7.38. The maximum atomic E-state index is 13.6. The van der Waals surface area contributed by atoms with Crippen molar-refractivity contribution in [2.45, 2.75) is 6.54 Å². The van der Waals surface area contributed by atoms with Crippen molar-refractivity contribution in [1.82, 2.24) is 9.97 Å². The molecule has 0 aliphatic heterocycles. The average molecular weight is 322 g/mol. The van der Waals surface area contributed by atoms with Crippen LogP contribution >= 0.6 is 0 Å². The minimum absolute atomic E-state index is 0.227. The zero-order valence-corrected chi connectivity index (χ0v) is 12.7. The Labute approximate surface area is 138 Å². The van der Waals surface area contributed by atoms with Gasteiger partial charge in [0.25, 0.3) is 5.91 Å². The van der Waals surface area contributed by atoms with Gasteiger partial charge < -0.3 is 10.6 Å². The van der Waals surface area contributed by atoms with Gasteiger partial charge in [0.15, 0.2) is 0 Å². The van der Waals surface area contributed by atoms with Crippen molar-refractivity contribution >= 4 is 17.4 Å². The van der Waals surface area contributed by atoms with Gasteiger partial charge in [0.05, 0.1) is 0 Å². The number of para-hydroxylation sites is 1. The number of carbonyl (C=O) groups excluding carboxylic acids is 1. The van der Waals surface area contributed by atoms with E-state index < -0.39 is 0 Å². The molecule has 0 saturated carbocycles. The van der Waals surface area contributed by atoms with E-state index >= 15 is 0 Å². The highest BCUT2D eigenvalue weighted by Crippen LogP contribution is 2.12. The van der Waals surface area contributed by atoms with Crippen LogP contribution in [0.3, 0.4) is 0 Å². The van der Waals surface area contributed by atoms with E-state index in [0.717, 1.165) is 0 Å². The van der Waals surface area contributed by atoms with Crippen LogP contribution in [-0.2, 0) is 6.54 Å². The average Bonchev–Trinajstić information content (AvgIpc) is 2.62. The standard InChI is InChI=1S/C18H15FN4O/c19-15-9-5-4-6-13(15)11-20-17-10-16(21-12-22-17)18(24)23-14-7-2-1-3-8-14/h1-10,12H,11H2,(H,23,24)(H,20,21,22). The molecule has 2 aromatic carbocycles. The molecule has 24 heavy (non-hydrogen) atoms. The lowest BCUT2D eigenvalue weighted by molar-refractivity contribution is 0.102. The zero-order valence-electron chi connectivity index (χ0n) is 12.7. The largest absolute Gasteiger partial charge is 0.366 e. The molecule has 5 nitrogen and oxygen atoms in total. The summed E-state index contributed by atoms with van der Waals surface area (Å²) in [7, 11) is 0. The molecule has 0 saturated heterocycles. The highest BCUT2D eigenvalue weighted by Gasteiger charge is 2.09. The summed E-state index contributed by atoms with van der Waals surface area (Å²) in [5, 5.41) is 5.74. The van der Waals surface area contributed by atoms with Crippen LogP contribution in [0, 0.1) is 5.82 Å². The number of nitrogens with zero attached hydrogens (tertiary/aromatic N) is 2. The fourth-order valence-electron chi connectivity index (χ4n) is 2.12. The number of amides is 1. The first-order valence-electron chi connectivity index (χ1n) is 7.38. The molecule has 0 atom stereocenters. The minimum Gasteiger partial charge on any atom is -0.366 e. The summed E-state index contributed by atoms with van der Waals surface area (Å²) >= 11 is 0. The highest BCUT2D eigenvalue weighted by atomic mass is 19.1. The van der Waals surface area contributed by atoms with Gasteiger partial charge in [-0.1, -0.05) is 36.4 Å². The van der Waals surface area contributed by atoms with Gasteiger partial charge in [-0.3, -0.25) is 4.79 Å². The van der Waals surface area contributed by atoms with Crippen molar-refractivity contribution in [1.29, 1.82) is 0 Å². The van der Waals surface area contributed by atoms with Crippen LogP contribution in [0.25, 0.3) is 0 Å². The van der Waals surface area contributed by atoms with E-state index in [0.29, 0.717) is 17.1 Å². The van der Waals surface area contributed by atoms with E-state index in [4.69, 9.17) is 0 Å². The van der Waals surface area contributed by atoms with Crippen LogP contribution in [0.1, 0.15) is 16.1 Å². The van der Waals surface area contributed by atoms with Crippen molar-refractivity contribution in [3.05, 3.63) is 84.1 Å². The van der Waals surface area contributed by atoms with Crippen LogP contribution in [-0.4, -0.2) is 15.9 Å². The summed E-state index contributed by atoms with van der Waals surface area (Å²) in [5.41, 5.74) is 1.43. The number of anilines is 2. The summed E-state index contributed by atoms with van der Waals surface area (Å²) in [6.07, 6.45) is 1.30. The van der Waals surface area contributed by atoms with E-state index in [9.17, 15) is 9.18 Å². The van der Waals surface area contributed by atoms with E-state index in [2.05, 4.69) is 20.6 Å². The number of hydrogen-bond acceptors (Lipinski definition) is 4.